The van der Waals surface area contributed by atoms with E-state index in [2.05, 4.69) is 0 Å². The molecule has 0 aliphatic heterocycles. The van der Waals surface area contributed by atoms with Gasteiger partial charge in [0.05, 0.1) is 5.52 Å². The lowest BCUT2D eigenvalue weighted by Crippen LogP contribution is -2.22. The van der Waals surface area contributed by atoms with Crippen molar-refractivity contribution in [1.29, 1.82) is 0 Å². The molecule has 0 aliphatic carbocycles. The molecule has 0 N–H and O–H groups in total. The standard InChI is InChI=1S/C21H21NO5/c1-12-9-13(2)20(15(4)23)14(3)16(12)11-26-19(24)10-22-17-7-5-6-8-18(17)27-21(22)25/h5-9H,10-11H2,1-4H3. The van der Waals surface area contributed by atoms with Crippen molar-refractivity contribution in [2.24, 2.45) is 0 Å². The molecule has 0 fully saturated rings. The number of benzene rings is 2. The van der Waals surface area contributed by atoms with Crippen LogP contribution in [0, 0.1) is 20.8 Å². The molecule has 0 radical (unpaired) electrons. The minimum atomic E-state index is -0.602. The molecule has 6 nitrogen and oxygen atoms in total. The van der Waals surface area contributed by atoms with Crippen LogP contribution in [0.3, 0.4) is 0 Å². The highest BCUT2D eigenvalue weighted by atomic mass is 16.5. The highest BCUT2D eigenvalue weighted by Crippen LogP contribution is 2.23. The van der Waals surface area contributed by atoms with Gasteiger partial charge < -0.3 is 9.15 Å². The van der Waals surface area contributed by atoms with Crippen LogP contribution < -0.4 is 5.76 Å². The molecule has 3 rings (SSSR count). The highest BCUT2D eigenvalue weighted by molar-refractivity contribution is 5.97. The second-order valence-electron chi connectivity index (χ2n) is 6.63. The minimum Gasteiger partial charge on any atom is -0.459 e. The van der Waals surface area contributed by atoms with Gasteiger partial charge in [-0.2, -0.15) is 0 Å². The number of Topliss-reactive ketones (excluding diaryl/α,β-unsaturated/α-hetero) is 1. The van der Waals surface area contributed by atoms with Crippen LogP contribution in [0.15, 0.2) is 39.5 Å². The summed E-state index contributed by atoms with van der Waals surface area (Å²) in [6.07, 6.45) is 0. The summed E-state index contributed by atoms with van der Waals surface area (Å²) in [5, 5.41) is 0. The number of oxazole rings is 1. The number of ether oxygens (including phenoxy) is 1. The fourth-order valence-corrected chi connectivity index (χ4v) is 3.48. The Morgan fingerprint density at radius 3 is 2.52 bits per heavy atom. The third-order valence-electron chi connectivity index (χ3n) is 4.72. The second-order valence-corrected chi connectivity index (χ2v) is 6.63. The number of hydrogen-bond donors (Lipinski definition) is 0. The maximum absolute atomic E-state index is 12.3. The van der Waals surface area contributed by atoms with Crippen LogP contribution in [-0.2, 0) is 22.7 Å². The molecule has 1 heterocycles. The quantitative estimate of drug-likeness (QED) is 0.510. The zero-order valence-corrected chi connectivity index (χ0v) is 15.8. The van der Waals surface area contributed by atoms with E-state index in [1.54, 1.807) is 24.3 Å². The van der Waals surface area contributed by atoms with Gasteiger partial charge in [0.25, 0.3) is 0 Å². The van der Waals surface area contributed by atoms with Gasteiger partial charge in [-0.05, 0) is 62.1 Å². The number of aryl methyl sites for hydroxylation is 2. The van der Waals surface area contributed by atoms with Gasteiger partial charge in [-0.3, -0.25) is 14.2 Å². The number of carbonyl (C=O) groups excluding carboxylic acids is 2. The van der Waals surface area contributed by atoms with Gasteiger partial charge in [0.15, 0.2) is 11.4 Å². The van der Waals surface area contributed by atoms with Crippen molar-refractivity contribution in [3.05, 3.63) is 68.7 Å². The van der Waals surface area contributed by atoms with Gasteiger partial charge in [-0.1, -0.05) is 18.2 Å². The lowest BCUT2D eigenvalue weighted by Gasteiger charge is -2.16. The van der Waals surface area contributed by atoms with Gasteiger partial charge >= 0.3 is 11.7 Å². The van der Waals surface area contributed by atoms with Crippen molar-refractivity contribution >= 4 is 22.9 Å². The van der Waals surface area contributed by atoms with E-state index in [1.165, 1.54) is 11.5 Å². The van der Waals surface area contributed by atoms with Crippen LogP contribution >= 0.6 is 0 Å². The van der Waals surface area contributed by atoms with Gasteiger partial charge in [0, 0.05) is 5.56 Å². The van der Waals surface area contributed by atoms with E-state index in [0.717, 1.165) is 22.3 Å². The Morgan fingerprint density at radius 1 is 1.11 bits per heavy atom. The molecule has 0 saturated heterocycles. The fourth-order valence-electron chi connectivity index (χ4n) is 3.48. The summed E-state index contributed by atoms with van der Waals surface area (Å²) in [5.74, 6) is -1.17. The monoisotopic (exact) mass is 367 g/mol. The molecule has 1 aromatic heterocycles. The normalized spacial score (nSPS) is 11.0. The summed E-state index contributed by atoms with van der Waals surface area (Å²) in [7, 11) is 0. The van der Waals surface area contributed by atoms with E-state index in [4.69, 9.17) is 9.15 Å². The largest absolute Gasteiger partial charge is 0.459 e. The summed E-state index contributed by atoms with van der Waals surface area (Å²) in [6, 6.07) is 8.81. The van der Waals surface area contributed by atoms with Crippen LogP contribution in [0.25, 0.3) is 11.1 Å². The van der Waals surface area contributed by atoms with E-state index in [0.29, 0.717) is 16.7 Å². The number of hydrogen-bond acceptors (Lipinski definition) is 5. The molecule has 0 aliphatic rings. The predicted octanol–water partition coefficient (Wildman–Crippen LogP) is 3.47. The highest BCUT2D eigenvalue weighted by Gasteiger charge is 2.17. The fraction of sp³-hybridized carbons (Fsp3) is 0.286. The zero-order chi connectivity index (χ0) is 19.7. The Balaban J connectivity index is 1.80. The number of nitrogens with zero attached hydrogens (tertiary/aromatic N) is 1. The first-order valence-corrected chi connectivity index (χ1v) is 8.64. The van der Waals surface area contributed by atoms with Crippen LogP contribution in [0.2, 0.25) is 0 Å². The topological polar surface area (TPSA) is 78.5 Å². The van der Waals surface area contributed by atoms with Crippen molar-refractivity contribution < 1.29 is 18.7 Å². The lowest BCUT2D eigenvalue weighted by atomic mass is 9.92. The Labute approximate surface area is 156 Å². The Hall–Kier alpha value is -3.15. The molecule has 0 saturated carbocycles. The molecule has 3 aromatic rings. The van der Waals surface area contributed by atoms with Crippen molar-refractivity contribution in [1.82, 2.24) is 4.57 Å². The molecular formula is C21H21NO5. The first-order valence-electron chi connectivity index (χ1n) is 8.64. The molecule has 2 aromatic carbocycles. The molecule has 0 spiro atoms. The maximum atomic E-state index is 12.3. The van der Waals surface area contributed by atoms with Crippen molar-refractivity contribution in [3.8, 4) is 0 Å². The summed E-state index contributed by atoms with van der Waals surface area (Å²) in [4.78, 5) is 36.2. The summed E-state index contributed by atoms with van der Waals surface area (Å²) in [6.45, 7) is 7.00. The summed E-state index contributed by atoms with van der Waals surface area (Å²) >= 11 is 0. The maximum Gasteiger partial charge on any atom is 0.420 e. The zero-order valence-electron chi connectivity index (χ0n) is 15.8. The third-order valence-corrected chi connectivity index (χ3v) is 4.72. The second kappa shape index (κ2) is 7.23. The number of carbonyl (C=O) groups is 2. The smallest absolute Gasteiger partial charge is 0.420 e. The van der Waals surface area contributed by atoms with E-state index in [9.17, 15) is 14.4 Å². The van der Waals surface area contributed by atoms with Crippen LogP contribution in [0.1, 0.15) is 39.5 Å². The summed E-state index contributed by atoms with van der Waals surface area (Å²) < 4.78 is 11.8. The van der Waals surface area contributed by atoms with Crippen molar-refractivity contribution in [3.63, 3.8) is 0 Å². The number of aromatic nitrogens is 1. The van der Waals surface area contributed by atoms with Crippen LogP contribution in [0.4, 0.5) is 0 Å². The molecule has 0 atom stereocenters. The number of ketones is 1. The molecular weight excluding hydrogens is 346 g/mol. The van der Waals surface area contributed by atoms with Gasteiger partial charge in [-0.15, -0.1) is 0 Å². The van der Waals surface area contributed by atoms with E-state index >= 15 is 0 Å². The number of esters is 1. The average molecular weight is 367 g/mol. The predicted molar refractivity (Wildman–Crippen MR) is 101 cm³/mol. The Bertz CT molecular complexity index is 1100. The number of rotatable bonds is 5. The van der Waals surface area contributed by atoms with Gasteiger partial charge in [0.2, 0.25) is 0 Å². The van der Waals surface area contributed by atoms with E-state index in [-0.39, 0.29) is 18.9 Å². The first kappa shape index (κ1) is 18.6. The van der Waals surface area contributed by atoms with Crippen LogP contribution in [-0.4, -0.2) is 16.3 Å². The SMILES string of the molecule is CC(=O)c1c(C)cc(C)c(COC(=O)Cn2c(=O)oc3ccccc32)c1C. The molecule has 0 unspecified atom stereocenters. The van der Waals surface area contributed by atoms with Crippen molar-refractivity contribution in [2.75, 3.05) is 0 Å². The number of fused-ring (bicyclic) bond motifs is 1. The van der Waals surface area contributed by atoms with E-state index in [1.807, 2.05) is 26.8 Å². The molecule has 6 heteroatoms. The Kier molecular flexibility index (Phi) is 4.99. The van der Waals surface area contributed by atoms with E-state index < -0.39 is 11.7 Å². The molecule has 140 valence electrons. The Morgan fingerprint density at radius 2 is 1.81 bits per heavy atom. The molecule has 27 heavy (non-hydrogen) atoms. The minimum absolute atomic E-state index is 0.0194. The first-order chi connectivity index (χ1) is 12.8. The third kappa shape index (κ3) is 3.56. The van der Waals surface area contributed by atoms with Crippen LogP contribution in [0.5, 0.6) is 0 Å². The average Bonchev–Trinajstić information content (AvgIpc) is 2.89. The van der Waals surface area contributed by atoms with Gasteiger partial charge in [0.1, 0.15) is 13.2 Å². The molecule has 0 amide bonds. The van der Waals surface area contributed by atoms with Crippen molar-refractivity contribution in [2.45, 2.75) is 40.8 Å². The van der Waals surface area contributed by atoms with Gasteiger partial charge in [-0.25, -0.2) is 4.79 Å². The lowest BCUT2D eigenvalue weighted by molar-refractivity contribution is -0.145. The molecule has 0 bridgehead atoms. The number of para-hydroxylation sites is 2. The summed E-state index contributed by atoms with van der Waals surface area (Å²) in [5.41, 5.74) is 5.11.